The lowest BCUT2D eigenvalue weighted by molar-refractivity contribution is 0.0932. The molecule has 0 bridgehead atoms. The molecule has 5 heteroatoms. The molecule has 2 atom stereocenters. The van der Waals surface area contributed by atoms with Crippen molar-refractivity contribution in [2.24, 2.45) is 0 Å². The lowest BCUT2D eigenvalue weighted by Crippen LogP contribution is -2.41. The normalized spacial score (nSPS) is 23.1. The summed E-state index contributed by atoms with van der Waals surface area (Å²) in [5.41, 5.74) is 2.14. The summed E-state index contributed by atoms with van der Waals surface area (Å²) in [6, 6.07) is 1.87. The molecule has 1 saturated carbocycles. The van der Waals surface area contributed by atoms with Gasteiger partial charge in [-0.3, -0.25) is 4.79 Å². The third-order valence-corrected chi connectivity index (χ3v) is 4.34. The van der Waals surface area contributed by atoms with Crippen molar-refractivity contribution in [2.75, 3.05) is 0 Å². The summed E-state index contributed by atoms with van der Waals surface area (Å²) in [6.45, 7) is 3.82. The predicted molar refractivity (Wildman–Crippen MR) is 80.1 cm³/mol. The maximum Gasteiger partial charge on any atom is 0.253 e. The van der Waals surface area contributed by atoms with Gasteiger partial charge < -0.3 is 5.32 Å². The number of nitrogens with one attached hydrogen (secondary N) is 1. The minimum atomic E-state index is -0.0719. The molecule has 1 heterocycles. The number of rotatable bonds is 3. The van der Waals surface area contributed by atoms with Gasteiger partial charge in [-0.15, -0.1) is 11.6 Å². The van der Waals surface area contributed by atoms with E-state index in [1.165, 1.54) is 6.42 Å². The van der Waals surface area contributed by atoms with Gasteiger partial charge in [-0.25, -0.2) is 0 Å². The number of halogens is 1. The Hall–Kier alpha value is -1.16. The van der Waals surface area contributed by atoms with Crippen LogP contribution in [0.2, 0.25) is 0 Å². The molecule has 2 unspecified atom stereocenters. The number of carbonyl (C=O) groups excluding carboxylic acids is 1. The highest BCUT2D eigenvalue weighted by molar-refractivity contribution is 6.21. The first-order valence-corrected chi connectivity index (χ1v) is 7.83. The molecule has 1 aromatic heterocycles. The summed E-state index contributed by atoms with van der Waals surface area (Å²) in [6.07, 6.45) is 6.11. The van der Waals surface area contributed by atoms with Crippen molar-refractivity contribution >= 4 is 17.5 Å². The molecule has 1 aliphatic rings. The molecular weight excluding hydrogens is 274 g/mol. The van der Waals surface area contributed by atoms with Crippen LogP contribution in [0, 0.1) is 6.92 Å². The van der Waals surface area contributed by atoms with E-state index in [0.29, 0.717) is 12.0 Å². The molecule has 4 nitrogen and oxygen atoms in total. The number of hydrogen-bond donors (Lipinski definition) is 1. The molecule has 1 amide bonds. The van der Waals surface area contributed by atoms with E-state index < -0.39 is 0 Å². The zero-order valence-electron chi connectivity index (χ0n) is 12.2. The predicted octanol–water partition coefficient (Wildman–Crippen LogP) is 3.02. The zero-order chi connectivity index (χ0) is 14.5. The van der Waals surface area contributed by atoms with E-state index in [1.807, 2.05) is 13.8 Å². The fraction of sp³-hybridized carbons (Fsp3) is 0.667. The van der Waals surface area contributed by atoms with Crippen LogP contribution in [0.3, 0.4) is 0 Å². The largest absolute Gasteiger partial charge is 0.348 e. The number of hydrogen-bond acceptors (Lipinski definition) is 3. The lowest BCUT2D eigenvalue weighted by Gasteiger charge is -2.21. The minimum absolute atomic E-state index is 0.0300. The van der Waals surface area contributed by atoms with E-state index >= 15 is 0 Å². The van der Waals surface area contributed by atoms with E-state index in [1.54, 1.807) is 6.07 Å². The van der Waals surface area contributed by atoms with Crippen molar-refractivity contribution in [1.29, 1.82) is 0 Å². The summed E-state index contributed by atoms with van der Waals surface area (Å²) in [5.74, 6) is -0.0719. The summed E-state index contributed by atoms with van der Waals surface area (Å²) in [4.78, 5) is 12.5. The third kappa shape index (κ3) is 3.69. The first-order chi connectivity index (χ1) is 9.61. The highest BCUT2D eigenvalue weighted by atomic mass is 35.5. The monoisotopic (exact) mass is 295 g/mol. The minimum Gasteiger partial charge on any atom is -0.348 e. The summed E-state index contributed by atoms with van der Waals surface area (Å²) in [5, 5.41) is 11.2. The molecule has 0 radical (unpaired) electrons. The van der Waals surface area contributed by atoms with Crippen molar-refractivity contribution in [3.05, 3.63) is 23.0 Å². The Bertz CT molecular complexity index is 478. The molecule has 110 valence electrons. The summed E-state index contributed by atoms with van der Waals surface area (Å²) >= 11 is 6.38. The number of aryl methyl sites for hydroxylation is 2. The van der Waals surface area contributed by atoms with E-state index in [-0.39, 0.29) is 17.3 Å². The van der Waals surface area contributed by atoms with Crippen molar-refractivity contribution < 1.29 is 4.79 Å². The first kappa shape index (κ1) is 15.2. The van der Waals surface area contributed by atoms with Gasteiger partial charge >= 0.3 is 0 Å². The van der Waals surface area contributed by atoms with Crippen LogP contribution >= 0.6 is 11.6 Å². The van der Waals surface area contributed by atoms with Crippen molar-refractivity contribution in [3.63, 3.8) is 0 Å². The molecule has 1 fully saturated rings. The van der Waals surface area contributed by atoms with E-state index in [2.05, 4.69) is 15.5 Å². The Morgan fingerprint density at radius 1 is 1.35 bits per heavy atom. The van der Waals surface area contributed by atoms with Crippen molar-refractivity contribution in [2.45, 2.75) is 63.8 Å². The molecule has 0 saturated heterocycles. The Kier molecular flexibility index (Phi) is 5.35. The number of carbonyl (C=O) groups is 1. The molecule has 1 aromatic rings. The smallest absolute Gasteiger partial charge is 0.253 e. The zero-order valence-corrected chi connectivity index (χ0v) is 12.9. The third-order valence-electron chi connectivity index (χ3n) is 3.82. The van der Waals surface area contributed by atoms with Crippen LogP contribution < -0.4 is 5.32 Å². The molecule has 1 N–H and O–H groups in total. The quantitative estimate of drug-likeness (QED) is 0.689. The maximum atomic E-state index is 12.5. The highest BCUT2D eigenvalue weighted by Gasteiger charge is 2.24. The van der Waals surface area contributed by atoms with Crippen LogP contribution in [0.5, 0.6) is 0 Å². The van der Waals surface area contributed by atoms with Gasteiger partial charge in [0, 0.05) is 6.04 Å². The van der Waals surface area contributed by atoms with Crippen LogP contribution in [0.25, 0.3) is 0 Å². The fourth-order valence-corrected chi connectivity index (χ4v) is 2.99. The number of amides is 1. The van der Waals surface area contributed by atoms with Crippen molar-refractivity contribution in [3.8, 4) is 0 Å². The number of alkyl halides is 1. The average molecular weight is 296 g/mol. The summed E-state index contributed by atoms with van der Waals surface area (Å²) < 4.78 is 0. The molecule has 0 spiro atoms. The van der Waals surface area contributed by atoms with Gasteiger partial charge in [-0.05, 0) is 32.3 Å². The van der Waals surface area contributed by atoms with Crippen LogP contribution in [0.4, 0.5) is 0 Å². The average Bonchev–Trinajstić information content (AvgIpc) is 2.64. The van der Waals surface area contributed by atoms with Crippen LogP contribution in [0.1, 0.15) is 60.8 Å². The van der Waals surface area contributed by atoms with Gasteiger partial charge in [-0.2, -0.15) is 10.2 Å². The standard InChI is InChI=1S/C15H22ClN3O/c1-3-13-11(9-10(2)18-19-13)15(20)17-14-8-6-4-5-7-12(14)16/h9,12,14H,3-8H2,1-2H3,(H,17,20). The Balaban J connectivity index is 2.12. The van der Waals surface area contributed by atoms with Gasteiger partial charge in [-0.1, -0.05) is 26.2 Å². The van der Waals surface area contributed by atoms with Crippen LogP contribution in [-0.2, 0) is 6.42 Å². The Morgan fingerprint density at radius 3 is 2.85 bits per heavy atom. The first-order valence-electron chi connectivity index (χ1n) is 7.40. The highest BCUT2D eigenvalue weighted by Crippen LogP contribution is 2.22. The lowest BCUT2D eigenvalue weighted by atomic mass is 10.1. The molecule has 2 rings (SSSR count). The van der Waals surface area contributed by atoms with E-state index in [4.69, 9.17) is 11.6 Å². The topological polar surface area (TPSA) is 54.9 Å². The van der Waals surface area contributed by atoms with E-state index in [0.717, 1.165) is 37.1 Å². The van der Waals surface area contributed by atoms with Gasteiger partial charge in [0.25, 0.3) is 5.91 Å². The van der Waals surface area contributed by atoms with Crippen LogP contribution in [-0.4, -0.2) is 27.5 Å². The number of aromatic nitrogens is 2. The van der Waals surface area contributed by atoms with Crippen LogP contribution in [0.15, 0.2) is 6.07 Å². The van der Waals surface area contributed by atoms with Crippen molar-refractivity contribution in [1.82, 2.24) is 15.5 Å². The van der Waals surface area contributed by atoms with Gasteiger partial charge in [0.1, 0.15) is 0 Å². The van der Waals surface area contributed by atoms with Gasteiger partial charge in [0.15, 0.2) is 0 Å². The fourth-order valence-electron chi connectivity index (χ4n) is 2.64. The maximum absolute atomic E-state index is 12.5. The second kappa shape index (κ2) is 7.02. The second-order valence-corrected chi connectivity index (χ2v) is 5.99. The SMILES string of the molecule is CCc1nnc(C)cc1C(=O)NC1CCCCCC1Cl. The molecular formula is C15H22ClN3O. The van der Waals surface area contributed by atoms with E-state index in [9.17, 15) is 4.79 Å². The summed E-state index contributed by atoms with van der Waals surface area (Å²) in [7, 11) is 0. The molecule has 0 aliphatic heterocycles. The van der Waals surface area contributed by atoms with Gasteiger partial charge in [0.05, 0.1) is 22.3 Å². The number of nitrogens with zero attached hydrogens (tertiary/aromatic N) is 2. The molecule has 20 heavy (non-hydrogen) atoms. The Morgan fingerprint density at radius 2 is 2.10 bits per heavy atom. The molecule has 0 aromatic carbocycles. The Labute approximate surface area is 125 Å². The molecule has 1 aliphatic carbocycles. The second-order valence-electron chi connectivity index (χ2n) is 5.43. The van der Waals surface area contributed by atoms with Gasteiger partial charge in [0.2, 0.25) is 0 Å².